The van der Waals surface area contributed by atoms with E-state index in [0.29, 0.717) is 10.8 Å². The molecule has 0 aliphatic carbocycles. The van der Waals surface area contributed by atoms with Gasteiger partial charge in [0.2, 0.25) is 15.9 Å². The lowest BCUT2D eigenvalue weighted by Crippen LogP contribution is -2.37. The summed E-state index contributed by atoms with van der Waals surface area (Å²) in [7, 11) is -3.92. The summed E-state index contributed by atoms with van der Waals surface area (Å²) in [5.74, 6) is -0.0682. The molecule has 3 rings (SSSR count). The molecule has 0 atom stereocenters. The van der Waals surface area contributed by atoms with Crippen molar-refractivity contribution in [2.75, 3.05) is 11.9 Å². The van der Waals surface area contributed by atoms with Gasteiger partial charge < -0.3 is 5.32 Å². The maximum atomic E-state index is 13.2. The van der Waals surface area contributed by atoms with E-state index < -0.39 is 15.9 Å². The monoisotopic (exact) mass is 429 g/mol. The van der Waals surface area contributed by atoms with Gasteiger partial charge in [0, 0.05) is 17.8 Å². The Hall–Kier alpha value is -2.74. The summed E-state index contributed by atoms with van der Waals surface area (Å²) in [5, 5.41) is 3.11. The molecule has 0 saturated carbocycles. The summed E-state index contributed by atoms with van der Waals surface area (Å²) in [6.07, 6.45) is 1.56. The number of aryl methyl sites for hydroxylation is 1. The largest absolute Gasteiger partial charge is 0.309 e. The number of amides is 1. The number of carbonyl (C=O) groups is 1. The molecule has 0 bridgehead atoms. The van der Waals surface area contributed by atoms with Gasteiger partial charge in [0.25, 0.3) is 0 Å². The Balaban J connectivity index is 1.87. The van der Waals surface area contributed by atoms with E-state index in [4.69, 9.17) is 11.6 Å². The van der Waals surface area contributed by atoms with Crippen LogP contribution in [0, 0.1) is 6.92 Å². The Morgan fingerprint density at radius 3 is 2.38 bits per heavy atom. The topological polar surface area (TPSA) is 79.4 Å². The van der Waals surface area contributed by atoms with Crippen molar-refractivity contribution in [3.8, 4) is 0 Å². The molecule has 0 spiro atoms. The highest BCUT2D eigenvalue weighted by Crippen LogP contribution is 2.21. The molecule has 2 aromatic carbocycles. The third-order valence-corrected chi connectivity index (χ3v) is 6.30. The smallest absolute Gasteiger partial charge is 0.243 e. The number of anilines is 1. The van der Waals surface area contributed by atoms with E-state index in [1.165, 1.54) is 24.3 Å². The molecule has 0 fully saturated rings. The molecule has 3 aromatic rings. The fourth-order valence-corrected chi connectivity index (χ4v) is 4.23. The molecule has 0 unspecified atom stereocenters. The minimum absolute atomic E-state index is 0.0560. The van der Waals surface area contributed by atoms with Crippen molar-refractivity contribution in [3.05, 3.63) is 89.1 Å². The lowest BCUT2D eigenvalue weighted by atomic mass is 10.2. The number of pyridine rings is 1. The van der Waals surface area contributed by atoms with Crippen molar-refractivity contribution in [1.29, 1.82) is 0 Å². The summed E-state index contributed by atoms with van der Waals surface area (Å²) in [5.41, 5.74) is 1.56. The zero-order valence-electron chi connectivity index (χ0n) is 15.7. The van der Waals surface area contributed by atoms with Crippen LogP contribution in [0.15, 0.2) is 77.8 Å². The number of hydrogen-bond donors (Lipinski definition) is 1. The highest BCUT2D eigenvalue weighted by molar-refractivity contribution is 7.89. The van der Waals surface area contributed by atoms with Crippen LogP contribution in [0.2, 0.25) is 5.02 Å². The minimum atomic E-state index is -3.92. The number of aromatic nitrogens is 1. The first kappa shape index (κ1) is 21.0. The third-order valence-electron chi connectivity index (χ3n) is 4.24. The summed E-state index contributed by atoms with van der Waals surface area (Å²) in [6, 6.07) is 18.5. The fourth-order valence-electron chi connectivity index (χ4n) is 2.72. The van der Waals surface area contributed by atoms with Gasteiger partial charge in [-0.1, -0.05) is 48.0 Å². The number of carbonyl (C=O) groups excluding carboxylic acids is 1. The number of nitrogens with one attached hydrogen (secondary N) is 1. The van der Waals surface area contributed by atoms with Crippen LogP contribution >= 0.6 is 11.6 Å². The first-order valence-corrected chi connectivity index (χ1v) is 10.7. The maximum Gasteiger partial charge on any atom is 0.243 e. The summed E-state index contributed by atoms with van der Waals surface area (Å²) >= 11 is 5.88. The third kappa shape index (κ3) is 5.41. The first-order chi connectivity index (χ1) is 13.9. The summed E-state index contributed by atoms with van der Waals surface area (Å²) < 4.78 is 27.5. The number of halogens is 1. The van der Waals surface area contributed by atoms with Gasteiger partial charge >= 0.3 is 0 Å². The molecule has 150 valence electrons. The number of nitrogens with zero attached hydrogens (tertiary/aromatic N) is 2. The Morgan fingerprint density at radius 1 is 1.03 bits per heavy atom. The molecule has 0 aliphatic rings. The van der Waals surface area contributed by atoms with Crippen LogP contribution in [0.5, 0.6) is 0 Å². The average molecular weight is 430 g/mol. The van der Waals surface area contributed by atoms with Gasteiger partial charge in [-0.3, -0.25) is 4.79 Å². The zero-order valence-corrected chi connectivity index (χ0v) is 17.3. The van der Waals surface area contributed by atoms with E-state index in [1.807, 2.05) is 43.3 Å². The second kappa shape index (κ2) is 9.17. The molecule has 0 radical (unpaired) electrons. The van der Waals surface area contributed by atoms with Crippen molar-refractivity contribution in [3.63, 3.8) is 0 Å². The van der Waals surface area contributed by atoms with Crippen LogP contribution in [0.25, 0.3) is 0 Å². The highest BCUT2D eigenvalue weighted by atomic mass is 35.5. The quantitative estimate of drug-likeness (QED) is 0.618. The van der Waals surface area contributed by atoms with Gasteiger partial charge in [-0.2, -0.15) is 4.31 Å². The fraction of sp³-hybridized carbons (Fsp3) is 0.143. The van der Waals surface area contributed by atoms with Crippen LogP contribution in [0.3, 0.4) is 0 Å². The lowest BCUT2D eigenvalue weighted by molar-refractivity contribution is -0.116. The molecule has 29 heavy (non-hydrogen) atoms. The molecule has 1 N–H and O–H groups in total. The van der Waals surface area contributed by atoms with Crippen LogP contribution in [-0.4, -0.2) is 30.2 Å². The number of benzene rings is 2. The molecule has 1 amide bonds. The van der Waals surface area contributed by atoms with Crippen LogP contribution in [0.4, 0.5) is 5.82 Å². The van der Waals surface area contributed by atoms with Gasteiger partial charge in [0.1, 0.15) is 5.82 Å². The predicted molar refractivity (Wildman–Crippen MR) is 113 cm³/mol. The molecular formula is C21H20ClN3O3S. The Morgan fingerprint density at radius 2 is 1.72 bits per heavy atom. The SMILES string of the molecule is Cc1cccnc1NC(=O)CN(Cc1ccccc1)S(=O)(=O)c1ccc(Cl)cc1. The number of rotatable bonds is 7. The van der Waals surface area contributed by atoms with E-state index in [0.717, 1.165) is 15.4 Å². The second-order valence-electron chi connectivity index (χ2n) is 6.43. The van der Waals surface area contributed by atoms with E-state index >= 15 is 0 Å². The summed E-state index contributed by atoms with van der Waals surface area (Å²) in [4.78, 5) is 16.8. The van der Waals surface area contributed by atoms with E-state index in [-0.39, 0.29) is 18.0 Å². The van der Waals surface area contributed by atoms with Gasteiger partial charge in [-0.15, -0.1) is 0 Å². The molecule has 8 heteroatoms. The van der Waals surface area contributed by atoms with E-state index in [1.54, 1.807) is 12.3 Å². The highest BCUT2D eigenvalue weighted by Gasteiger charge is 2.27. The number of sulfonamides is 1. The second-order valence-corrected chi connectivity index (χ2v) is 8.80. The van der Waals surface area contributed by atoms with Crippen LogP contribution in [-0.2, 0) is 21.4 Å². The van der Waals surface area contributed by atoms with E-state index in [9.17, 15) is 13.2 Å². The Bertz CT molecular complexity index is 1090. The number of hydrogen-bond acceptors (Lipinski definition) is 4. The van der Waals surface area contributed by atoms with Gasteiger partial charge in [0.15, 0.2) is 0 Å². The normalized spacial score (nSPS) is 11.4. The Labute approximate surface area is 175 Å². The standard InChI is InChI=1S/C21H20ClN3O3S/c1-16-6-5-13-23-21(16)24-20(26)15-25(14-17-7-3-2-4-8-17)29(27,28)19-11-9-18(22)10-12-19/h2-13H,14-15H2,1H3,(H,23,24,26). The van der Waals surface area contributed by atoms with Crippen LogP contribution < -0.4 is 5.32 Å². The van der Waals surface area contributed by atoms with Crippen molar-refractivity contribution in [2.45, 2.75) is 18.4 Å². The van der Waals surface area contributed by atoms with Gasteiger partial charge in [-0.25, -0.2) is 13.4 Å². The van der Waals surface area contributed by atoms with Crippen LogP contribution in [0.1, 0.15) is 11.1 Å². The molecule has 0 aliphatic heterocycles. The lowest BCUT2D eigenvalue weighted by Gasteiger charge is -2.22. The minimum Gasteiger partial charge on any atom is -0.309 e. The maximum absolute atomic E-state index is 13.2. The summed E-state index contributed by atoms with van der Waals surface area (Å²) in [6.45, 7) is 1.52. The van der Waals surface area contributed by atoms with Crippen molar-refractivity contribution < 1.29 is 13.2 Å². The van der Waals surface area contributed by atoms with Gasteiger partial charge in [-0.05, 0) is 48.4 Å². The average Bonchev–Trinajstić information content (AvgIpc) is 2.70. The predicted octanol–water partition coefficient (Wildman–Crippen LogP) is 3.87. The van der Waals surface area contributed by atoms with Crippen molar-refractivity contribution in [1.82, 2.24) is 9.29 Å². The molecule has 6 nitrogen and oxygen atoms in total. The Kier molecular flexibility index (Phi) is 6.64. The molecule has 1 heterocycles. The van der Waals surface area contributed by atoms with Crippen molar-refractivity contribution in [2.24, 2.45) is 0 Å². The molecule has 0 saturated heterocycles. The van der Waals surface area contributed by atoms with Gasteiger partial charge in [0.05, 0.1) is 11.4 Å². The molecular weight excluding hydrogens is 410 g/mol. The molecule has 1 aromatic heterocycles. The zero-order chi connectivity index (χ0) is 20.9. The first-order valence-electron chi connectivity index (χ1n) is 8.87. The van der Waals surface area contributed by atoms with E-state index in [2.05, 4.69) is 10.3 Å². The van der Waals surface area contributed by atoms with Crippen molar-refractivity contribution >= 4 is 33.3 Å².